The quantitative estimate of drug-likeness (QED) is 0.236. The van der Waals surface area contributed by atoms with Gasteiger partial charge in [-0.1, -0.05) is 0 Å². The van der Waals surface area contributed by atoms with E-state index in [9.17, 15) is 19.2 Å². The van der Waals surface area contributed by atoms with E-state index < -0.39 is 48.5 Å². The van der Waals surface area contributed by atoms with Gasteiger partial charge < -0.3 is 27.0 Å². The van der Waals surface area contributed by atoms with Gasteiger partial charge in [0.05, 0.1) is 6.42 Å². The summed E-state index contributed by atoms with van der Waals surface area (Å²) in [4.78, 5) is 42.0. The van der Waals surface area contributed by atoms with Gasteiger partial charge in [-0.2, -0.15) is 0 Å². The summed E-state index contributed by atoms with van der Waals surface area (Å²) in [5.74, 6) is -6.90. The zero-order chi connectivity index (χ0) is 14.5. The van der Waals surface area contributed by atoms with E-state index in [-0.39, 0.29) is 31.0 Å². The maximum Gasteiger partial charge on any atom is 1.00 e. The van der Waals surface area contributed by atoms with Gasteiger partial charge in [0.2, 0.25) is 0 Å². The number of hydrogen-bond acceptors (Lipinski definition) is 6. The van der Waals surface area contributed by atoms with Crippen LogP contribution >= 0.6 is 0 Å². The van der Waals surface area contributed by atoms with Crippen molar-refractivity contribution in [2.45, 2.75) is 24.6 Å². The van der Waals surface area contributed by atoms with Crippen molar-refractivity contribution in [1.29, 1.82) is 0 Å². The van der Waals surface area contributed by atoms with Crippen molar-refractivity contribution in [2.24, 2.45) is 0 Å². The Morgan fingerprint density at radius 3 is 1.68 bits per heavy atom. The third kappa shape index (κ3) is 7.08. The number of rotatable bonds is 8. The SMILES string of the molecule is O=C(O)C[C@H](NC(C(=O)O)C(O)C(=O)O)C(=O)O.[H-].[Na+]. The van der Waals surface area contributed by atoms with Crippen molar-refractivity contribution in [1.82, 2.24) is 5.32 Å². The van der Waals surface area contributed by atoms with Gasteiger partial charge in [-0.25, -0.2) is 4.79 Å². The Kier molecular flexibility index (Phi) is 9.35. The van der Waals surface area contributed by atoms with Crippen molar-refractivity contribution in [3.05, 3.63) is 0 Å². The predicted octanol–water partition coefficient (Wildman–Crippen LogP) is -5.48. The zero-order valence-corrected chi connectivity index (χ0v) is 11.8. The molecule has 0 radical (unpaired) electrons. The number of nitrogens with one attached hydrogen (secondary N) is 1. The molecule has 3 atom stereocenters. The number of hydrogen-bond donors (Lipinski definition) is 6. The molecule has 0 bridgehead atoms. The van der Waals surface area contributed by atoms with Crippen molar-refractivity contribution in [3.63, 3.8) is 0 Å². The first-order chi connectivity index (χ1) is 8.16. The number of carboxylic acid groups (broad SMARTS) is 4. The van der Waals surface area contributed by atoms with E-state index in [0.29, 0.717) is 0 Å². The number of carbonyl (C=O) groups is 4. The summed E-state index contributed by atoms with van der Waals surface area (Å²) in [5, 5.41) is 44.9. The molecule has 0 fully saturated rings. The smallest absolute Gasteiger partial charge is 1.00 e. The molecule has 104 valence electrons. The molecule has 0 aliphatic rings. The van der Waals surface area contributed by atoms with Gasteiger partial charge in [-0.3, -0.25) is 19.7 Å². The van der Waals surface area contributed by atoms with E-state index in [2.05, 4.69) is 0 Å². The van der Waals surface area contributed by atoms with Crippen LogP contribution in [0.3, 0.4) is 0 Å². The average Bonchev–Trinajstić information content (AvgIpc) is 2.21. The average molecular weight is 289 g/mol. The van der Waals surface area contributed by atoms with Crippen LogP contribution in [0.1, 0.15) is 7.85 Å². The van der Waals surface area contributed by atoms with Crippen molar-refractivity contribution < 1.29 is 75.7 Å². The normalized spacial score (nSPS) is 14.6. The van der Waals surface area contributed by atoms with Crippen molar-refractivity contribution in [2.75, 3.05) is 0 Å². The second kappa shape index (κ2) is 8.82. The molecule has 6 N–H and O–H groups in total. The van der Waals surface area contributed by atoms with Crippen LogP contribution in [0.5, 0.6) is 0 Å². The minimum absolute atomic E-state index is 0. The van der Waals surface area contributed by atoms with Crippen LogP contribution < -0.4 is 34.9 Å². The van der Waals surface area contributed by atoms with E-state index in [1.807, 2.05) is 0 Å². The van der Waals surface area contributed by atoms with Gasteiger partial charge in [-0.05, 0) is 0 Å². The summed E-state index contributed by atoms with van der Waals surface area (Å²) in [6.45, 7) is 0. The minimum atomic E-state index is -2.40. The van der Waals surface area contributed by atoms with Crippen LogP contribution in [0.25, 0.3) is 0 Å². The Morgan fingerprint density at radius 1 is 0.947 bits per heavy atom. The standard InChI is InChI=1S/C8H11NO9.Na.H/c10-3(11)1-2(6(13)14)9-4(7(15)16)5(12)8(17)18;;/h2,4-5,9,12H,1H2,(H,10,11)(H,13,14)(H,15,16)(H,17,18);;/q;+1;-1/t2-,4?,5?;;/m0../s1. The maximum absolute atomic E-state index is 10.7. The Balaban J connectivity index is -0.00000144. The fourth-order valence-electron chi connectivity index (χ4n) is 1.05. The molecule has 0 aliphatic carbocycles. The number of aliphatic hydroxyl groups is 1. The fraction of sp³-hybridized carbons (Fsp3) is 0.500. The summed E-state index contributed by atoms with van der Waals surface area (Å²) in [7, 11) is 0. The Bertz CT molecular complexity index is 377. The molecule has 0 saturated heterocycles. The monoisotopic (exact) mass is 289 g/mol. The topological polar surface area (TPSA) is 181 Å². The Hall–Kier alpha value is -1.20. The van der Waals surface area contributed by atoms with Gasteiger partial charge in [0.1, 0.15) is 12.1 Å². The molecule has 0 saturated carbocycles. The third-order valence-corrected chi connectivity index (χ3v) is 1.89. The molecule has 11 heteroatoms. The number of aliphatic hydroxyl groups excluding tert-OH is 1. The van der Waals surface area contributed by atoms with E-state index >= 15 is 0 Å². The van der Waals surface area contributed by atoms with Crippen LogP contribution in [0.15, 0.2) is 0 Å². The first-order valence-electron chi connectivity index (χ1n) is 4.51. The van der Waals surface area contributed by atoms with Gasteiger partial charge in [0, 0.05) is 0 Å². The van der Waals surface area contributed by atoms with Gasteiger partial charge in [-0.15, -0.1) is 0 Å². The Morgan fingerprint density at radius 2 is 1.42 bits per heavy atom. The summed E-state index contributed by atoms with van der Waals surface area (Å²) < 4.78 is 0. The molecular formula is C8H12NNaO9. The molecule has 0 rings (SSSR count). The van der Waals surface area contributed by atoms with Crippen LogP contribution in [0, 0.1) is 0 Å². The Labute approximate surface area is 129 Å². The van der Waals surface area contributed by atoms with Crippen LogP contribution in [-0.4, -0.2) is 67.6 Å². The molecule has 0 aromatic rings. The van der Waals surface area contributed by atoms with Crippen LogP contribution in [0.2, 0.25) is 0 Å². The van der Waals surface area contributed by atoms with Crippen LogP contribution in [-0.2, 0) is 19.2 Å². The molecule has 0 amide bonds. The molecule has 19 heavy (non-hydrogen) atoms. The van der Waals surface area contributed by atoms with E-state index in [1.54, 1.807) is 5.32 Å². The molecule has 0 aliphatic heterocycles. The van der Waals surface area contributed by atoms with Gasteiger partial charge in [0.15, 0.2) is 6.10 Å². The van der Waals surface area contributed by atoms with Gasteiger partial charge in [0.25, 0.3) is 0 Å². The minimum Gasteiger partial charge on any atom is -1.00 e. The molecule has 0 heterocycles. The maximum atomic E-state index is 10.7. The summed E-state index contributed by atoms with van der Waals surface area (Å²) in [5.41, 5.74) is 0. The first-order valence-corrected chi connectivity index (χ1v) is 4.51. The number of aliphatic carboxylic acids is 4. The largest absolute Gasteiger partial charge is 1.00 e. The molecule has 2 unspecified atom stereocenters. The molecule has 10 nitrogen and oxygen atoms in total. The van der Waals surface area contributed by atoms with E-state index in [0.717, 1.165) is 0 Å². The fourth-order valence-corrected chi connectivity index (χ4v) is 1.05. The number of carboxylic acids is 4. The van der Waals surface area contributed by atoms with Crippen molar-refractivity contribution >= 4 is 23.9 Å². The first kappa shape index (κ1) is 20.1. The summed E-state index contributed by atoms with van der Waals surface area (Å²) >= 11 is 0. The van der Waals surface area contributed by atoms with Gasteiger partial charge >= 0.3 is 53.4 Å². The van der Waals surface area contributed by atoms with E-state index in [4.69, 9.17) is 25.5 Å². The molecule has 0 aromatic carbocycles. The van der Waals surface area contributed by atoms with Crippen LogP contribution in [0.4, 0.5) is 0 Å². The van der Waals surface area contributed by atoms with Crippen molar-refractivity contribution in [3.8, 4) is 0 Å². The summed E-state index contributed by atoms with van der Waals surface area (Å²) in [6, 6.07) is -3.97. The second-order valence-corrected chi connectivity index (χ2v) is 3.25. The molecule has 0 aromatic heterocycles. The zero-order valence-electron chi connectivity index (χ0n) is 10.8. The third-order valence-electron chi connectivity index (χ3n) is 1.89. The predicted molar refractivity (Wildman–Crippen MR) is 53.0 cm³/mol. The second-order valence-electron chi connectivity index (χ2n) is 3.25. The van der Waals surface area contributed by atoms with E-state index in [1.165, 1.54) is 0 Å². The molecular weight excluding hydrogens is 277 g/mol. The summed E-state index contributed by atoms with van der Waals surface area (Å²) in [6.07, 6.45) is -3.37. The molecule has 0 spiro atoms.